The van der Waals surface area contributed by atoms with E-state index in [2.05, 4.69) is 33.8 Å². The lowest BCUT2D eigenvalue weighted by Crippen LogP contribution is -2.15. The monoisotopic (exact) mass is 574 g/mol. The first-order valence-electron chi connectivity index (χ1n) is 15.3. The number of ether oxygens (including phenoxy) is 3. The first kappa shape index (κ1) is 32.7. The molecule has 0 aliphatic heterocycles. The van der Waals surface area contributed by atoms with E-state index in [1.165, 1.54) is 43.3 Å². The molecule has 0 atom stereocenters. The molecule has 0 N–H and O–H groups in total. The summed E-state index contributed by atoms with van der Waals surface area (Å²) < 4.78 is 23.6. The van der Waals surface area contributed by atoms with Crippen molar-refractivity contribution in [3.05, 3.63) is 87.8 Å². The highest BCUT2D eigenvalue weighted by atomic mass is 16.6. The average Bonchev–Trinajstić information content (AvgIpc) is 2.97. The molecule has 226 valence electrons. The number of fused-ring (bicyclic) bond motifs is 1. The summed E-state index contributed by atoms with van der Waals surface area (Å²) in [6.45, 7) is 9.12. The number of unbranched alkanes of at least 4 members (excludes halogenated alkanes) is 7. The number of rotatable bonds is 18. The van der Waals surface area contributed by atoms with Crippen LogP contribution in [-0.2, 0) is 0 Å². The molecule has 0 aliphatic carbocycles. The van der Waals surface area contributed by atoms with Crippen molar-refractivity contribution in [3.63, 3.8) is 0 Å². The van der Waals surface area contributed by atoms with Gasteiger partial charge < -0.3 is 18.6 Å². The largest absolute Gasteiger partial charge is 0.489 e. The molecule has 0 unspecified atom stereocenters. The highest BCUT2D eigenvalue weighted by Gasteiger charge is 2.24. The van der Waals surface area contributed by atoms with Crippen molar-refractivity contribution in [2.45, 2.75) is 91.9 Å². The molecule has 6 nitrogen and oxygen atoms in total. The van der Waals surface area contributed by atoms with Crippen LogP contribution in [-0.4, -0.2) is 19.2 Å². The molecule has 3 rings (SSSR count). The van der Waals surface area contributed by atoms with Crippen molar-refractivity contribution >= 4 is 16.9 Å². The van der Waals surface area contributed by atoms with Crippen LogP contribution in [0.5, 0.6) is 17.2 Å². The van der Waals surface area contributed by atoms with Crippen LogP contribution in [0.4, 0.5) is 0 Å². The summed E-state index contributed by atoms with van der Waals surface area (Å²) in [6, 6.07) is 13.8. The van der Waals surface area contributed by atoms with Crippen molar-refractivity contribution in [3.8, 4) is 17.2 Å². The van der Waals surface area contributed by atoms with Gasteiger partial charge in [-0.25, -0.2) is 9.59 Å². The van der Waals surface area contributed by atoms with E-state index in [4.69, 9.17) is 18.6 Å². The quantitative estimate of drug-likeness (QED) is 0.0652. The van der Waals surface area contributed by atoms with Crippen LogP contribution in [0.1, 0.15) is 102 Å². The van der Waals surface area contributed by atoms with Gasteiger partial charge in [0.15, 0.2) is 5.75 Å². The normalized spacial score (nSPS) is 11.4. The van der Waals surface area contributed by atoms with Gasteiger partial charge in [0.05, 0.1) is 12.2 Å². The minimum Gasteiger partial charge on any atom is -0.489 e. The van der Waals surface area contributed by atoms with Gasteiger partial charge in [0.25, 0.3) is 0 Å². The van der Waals surface area contributed by atoms with Gasteiger partial charge in [-0.1, -0.05) is 93.4 Å². The predicted molar refractivity (Wildman–Crippen MR) is 170 cm³/mol. The first-order chi connectivity index (χ1) is 20.4. The minimum absolute atomic E-state index is 0.0227. The number of benzene rings is 2. The van der Waals surface area contributed by atoms with E-state index >= 15 is 0 Å². The Morgan fingerprint density at radius 1 is 0.810 bits per heavy atom. The Labute approximate surface area is 250 Å². The maximum Gasteiger partial charge on any atom is 0.383 e. The molecule has 0 aliphatic rings. The highest BCUT2D eigenvalue weighted by Crippen LogP contribution is 2.39. The summed E-state index contributed by atoms with van der Waals surface area (Å²) in [6.07, 6.45) is 15.3. The summed E-state index contributed by atoms with van der Waals surface area (Å²) in [7, 11) is 0. The molecule has 1 aromatic heterocycles. The molecule has 2 aromatic carbocycles. The molecule has 3 aromatic rings. The fourth-order valence-corrected chi connectivity index (χ4v) is 4.61. The third-order valence-corrected chi connectivity index (χ3v) is 7.02. The second kappa shape index (κ2) is 17.9. The zero-order valence-electron chi connectivity index (χ0n) is 25.7. The van der Waals surface area contributed by atoms with Crippen molar-refractivity contribution in [2.24, 2.45) is 0 Å². The Hall–Kier alpha value is -3.80. The highest BCUT2D eigenvalue weighted by molar-refractivity contribution is 5.97. The zero-order valence-corrected chi connectivity index (χ0v) is 25.7. The third kappa shape index (κ3) is 10.6. The second-order valence-electron chi connectivity index (χ2n) is 10.9. The van der Waals surface area contributed by atoms with Crippen molar-refractivity contribution in [1.82, 2.24) is 0 Å². The molecular weight excluding hydrogens is 528 g/mol. The van der Waals surface area contributed by atoms with E-state index in [0.717, 1.165) is 32.1 Å². The van der Waals surface area contributed by atoms with Gasteiger partial charge >= 0.3 is 11.6 Å². The number of allylic oxidation sites excluding steroid dienone is 3. The van der Waals surface area contributed by atoms with Crippen molar-refractivity contribution in [1.29, 1.82) is 0 Å². The average molecular weight is 575 g/mol. The van der Waals surface area contributed by atoms with Crippen molar-refractivity contribution in [2.75, 3.05) is 13.2 Å². The zero-order chi connectivity index (χ0) is 30.2. The van der Waals surface area contributed by atoms with Crippen LogP contribution in [0.3, 0.4) is 0 Å². The molecule has 6 heteroatoms. The Bertz CT molecular complexity index is 1380. The molecule has 42 heavy (non-hydrogen) atoms. The number of carbonyl (C=O) groups is 1. The molecule has 0 fully saturated rings. The fourth-order valence-electron chi connectivity index (χ4n) is 4.61. The van der Waals surface area contributed by atoms with E-state index in [-0.39, 0.29) is 17.1 Å². The van der Waals surface area contributed by atoms with E-state index in [9.17, 15) is 9.59 Å². The number of hydrogen-bond donors (Lipinski definition) is 0. The SMILES string of the molecule is CCCCCCCCCCOc1c(OC(=O)c2ccccc2)c2c(OCC=C(C)CCC=C(C)C)cccc2oc1=O. The Morgan fingerprint density at radius 2 is 1.52 bits per heavy atom. The second-order valence-corrected chi connectivity index (χ2v) is 10.9. The summed E-state index contributed by atoms with van der Waals surface area (Å²) >= 11 is 0. The summed E-state index contributed by atoms with van der Waals surface area (Å²) in [5, 5.41) is 0.392. The Kier molecular flexibility index (Phi) is 13.9. The van der Waals surface area contributed by atoms with E-state index in [1.807, 2.05) is 12.1 Å². The van der Waals surface area contributed by atoms with Crippen LogP contribution in [0.2, 0.25) is 0 Å². The predicted octanol–water partition coefficient (Wildman–Crippen LogP) is 9.60. The lowest BCUT2D eigenvalue weighted by atomic mass is 10.1. The molecule has 0 radical (unpaired) electrons. The maximum absolute atomic E-state index is 13.1. The Morgan fingerprint density at radius 3 is 2.24 bits per heavy atom. The summed E-state index contributed by atoms with van der Waals surface area (Å²) in [4.78, 5) is 26.2. The van der Waals surface area contributed by atoms with Crippen LogP contribution >= 0.6 is 0 Å². The number of carbonyl (C=O) groups excluding carboxylic acids is 1. The summed E-state index contributed by atoms with van der Waals surface area (Å²) in [5.41, 5.74) is 2.45. The molecule has 1 heterocycles. The number of esters is 1. The van der Waals surface area contributed by atoms with Crippen LogP contribution in [0, 0.1) is 0 Å². The molecule has 0 amide bonds. The van der Waals surface area contributed by atoms with Crippen molar-refractivity contribution < 1.29 is 23.4 Å². The lowest BCUT2D eigenvalue weighted by Gasteiger charge is -2.15. The van der Waals surface area contributed by atoms with E-state index in [0.29, 0.717) is 29.9 Å². The van der Waals surface area contributed by atoms with Gasteiger partial charge in [0.2, 0.25) is 5.75 Å². The van der Waals surface area contributed by atoms with Gasteiger partial charge in [0, 0.05) is 0 Å². The molecule has 0 saturated carbocycles. The van der Waals surface area contributed by atoms with Crippen LogP contribution in [0.25, 0.3) is 11.0 Å². The number of hydrogen-bond acceptors (Lipinski definition) is 6. The van der Waals surface area contributed by atoms with Gasteiger partial charge in [-0.15, -0.1) is 0 Å². The van der Waals surface area contributed by atoms with Crippen LogP contribution < -0.4 is 19.8 Å². The molecule has 0 spiro atoms. The molecule has 0 bridgehead atoms. The maximum atomic E-state index is 13.1. The Balaban J connectivity index is 1.83. The van der Waals surface area contributed by atoms with E-state index in [1.54, 1.807) is 42.5 Å². The van der Waals surface area contributed by atoms with Gasteiger partial charge in [0.1, 0.15) is 23.3 Å². The third-order valence-electron chi connectivity index (χ3n) is 7.02. The topological polar surface area (TPSA) is 75.0 Å². The minimum atomic E-state index is -0.690. The van der Waals surface area contributed by atoms with Gasteiger partial charge in [-0.05, 0) is 70.4 Å². The molecule has 0 saturated heterocycles. The summed E-state index contributed by atoms with van der Waals surface area (Å²) in [5.74, 6) is -0.240. The van der Waals surface area contributed by atoms with Gasteiger partial charge in [-0.2, -0.15) is 0 Å². The van der Waals surface area contributed by atoms with Crippen LogP contribution in [0.15, 0.2) is 81.0 Å². The lowest BCUT2D eigenvalue weighted by molar-refractivity contribution is 0.0729. The fraction of sp³-hybridized carbons (Fsp3) is 0.444. The standard InChI is InChI=1S/C36H46O6/c1-5-6-7-8-9-10-11-15-25-40-34-33(42-35(37)29-20-13-12-14-21-29)32-30(22-17-23-31(32)41-36(34)38)39-26-24-28(4)19-16-18-27(2)3/h12-14,17-18,20-24H,5-11,15-16,19,25-26H2,1-4H3. The smallest absolute Gasteiger partial charge is 0.383 e. The molecular formula is C36H46O6. The first-order valence-corrected chi connectivity index (χ1v) is 15.3. The van der Waals surface area contributed by atoms with E-state index < -0.39 is 11.6 Å². The van der Waals surface area contributed by atoms with Gasteiger partial charge in [-0.3, -0.25) is 0 Å².